The molecule has 1 amide bonds. The molecule has 29 heavy (non-hydrogen) atoms. The quantitative estimate of drug-likeness (QED) is 0.304. The van der Waals surface area contributed by atoms with Crippen molar-refractivity contribution in [2.24, 2.45) is 22.2 Å². The van der Waals surface area contributed by atoms with Gasteiger partial charge in [0.2, 0.25) is 5.91 Å². The number of carbonyl (C=O) groups is 1. The van der Waals surface area contributed by atoms with E-state index in [-0.39, 0.29) is 29.9 Å². The van der Waals surface area contributed by atoms with Gasteiger partial charge in [-0.25, -0.2) is 0 Å². The number of nitrogens with zero attached hydrogens (tertiary/aromatic N) is 2. The second-order valence-electron chi connectivity index (χ2n) is 8.86. The third kappa shape index (κ3) is 6.09. The fourth-order valence-electron chi connectivity index (χ4n) is 4.49. The highest BCUT2D eigenvalue weighted by Crippen LogP contribution is 2.61. The predicted octanol–water partition coefficient (Wildman–Crippen LogP) is 3.44. The Bertz CT molecular complexity index is 700. The zero-order valence-electron chi connectivity index (χ0n) is 17.5. The number of hydrogen-bond acceptors (Lipinski definition) is 2. The highest BCUT2D eigenvalue weighted by Gasteiger charge is 2.53. The summed E-state index contributed by atoms with van der Waals surface area (Å²) in [6.45, 7) is 6.42. The lowest BCUT2D eigenvalue weighted by atomic mass is 10.0. The largest absolute Gasteiger partial charge is 0.357 e. The standard InChI is InChI=1S/C23H34N4O.HI/c1-2-24-22(26-17-23(11-12-23)20-8-9-20)25-15-19-14-21(28)27(16-19)13-10-18-6-4-3-5-7-18;/h3-7,19-20H,2,8-17H2,1H3,(H2,24,25,26);1H. The van der Waals surface area contributed by atoms with Gasteiger partial charge in [0.05, 0.1) is 0 Å². The molecule has 0 bridgehead atoms. The molecule has 0 aromatic heterocycles. The molecule has 3 fully saturated rings. The molecule has 160 valence electrons. The van der Waals surface area contributed by atoms with Crippen LogP contribution in [0.1, 0.15) is 44.6 Å². The summed E-state index contributed by atoms with van der Waals surface area (Å²) in [5.41, 5.74) is 1.82. The molecule has 4 rings (SSSR count). The lowest BCUT2D eigenvalue weighted by molar-refractivity contribution is -0.127. The Labute approximate surface area is 192 Å². The third-order valence-corrected chi connectivity index (χ3v) is 6.60. The smallest absolute Gasteiger partial charge is 0.223 e. The Morgan fingerprint density at radius 1 is 1.21 bits per heavy atom. The average molecular weight is 510 g/mol. The monoisotopic (exact) mass is 510 g/mol. The van der Waals surface area contributed by atoms with Crippen molar-refractivity contribution in [2.45, 2.75) is 45.4 Å². The second-order valence-corrected chi connectivity index (χ2v) is 8.86. The minimum Gasteiger partial charge on any atom is -0.357 e. The number of amides is 1. The molecule has 1 aromatic carbocycles. The number of aliphatic imine (C=N–C) groups is 1. The Balaban J connectivity index is 0.00000240. The predicted molar refractivity (Wildman–Crippen MR) is 129 cm³/mol. The van der Waals surface area contributed by atoms with E-state index in [0.29, 0.717) is 17.8 Å². The molecular weight excluding hydrogens is 475 g/mol. The molecule has 2 N–H and O–H groups in total. The molecular formula is C23H35IN4O. The average Bonchev–Trinajstić information content (AvgIpc) is 3.61. The Hall–Kier alpha value is -1.31. The number of guanidine groups is 1. The van der Waals surface area contributed by atoms with Gasteiger partial charge in [0.25, 0.3) is 0 Å². The van der Waals surface area contributed by atoms with Crippen LogP contribution in [0.25, 0.3) is 0 Å². The summed E-state index contributed by atoms with van der Waals surface area (Å²) in [5.74, 6) is 2.51. The number of carbonyl (C=O) groups excluding carboxylic acids is 1. The second kappa shape index (κ2) is 10.1. The molecule has 5 nitrogen and oxygen atoms in total. The molecule has 1 atom stereocenters. The van der Waals surface area contributed by atoms with Crippen molar-refractivity contribution in [3.8, 4) is 0 Å². The van der Waals surface area contributed by atoms with Crippen LogP contribution >= 0.6 is 24.0 Å². The van der Waals surface area contributed by atoms with Gasteiger partial charge >= 0.3 is 0 Å². The van der Waals surface area contributed by atoms with Gasteiger partial charge < -0.3 is 15.5 Å². The van der Waals surface area contributed by atoms with Crippen molar-refractivity contribution in [2.75, 3.05) is 32.7 Å². The molecule has 2 saturated carbocycles. The molecule has 3 aliphatic rings. The van der Waals surface area contributed by atoms with Crippen LogP contribution in [0, 0.1) is 17.3 Å². The summed E-state index contributed by atoms with van der Waals surface area (Å²) < 4.78 is 0. The fourth-order valence-corrected chi connectivity index (χ4v) is 4.49. The first kappa shape index (κ1) is 22.4. The summed E-state index contributed by atoms with van der Waals surface area (Å²) in [4.78, 5) is 19.3. The lowest BCUT2D eigenvalue weighted by Crippen LogP contribution is -2.40. The van der Waals surface area contributed by atoms with Crippen LogP contribution in [0.15, 0.2) is 35.3 Å². The van der Waals surface area contributed by atoms with Gasteiger partial charge in [0, 0.05) is 45.1 Å². The minimum absolute atomic E-state index is 0. The number of nitrogens with one attached hydrogen (secondary N) is 2. The lowest BCUT2D eigenvalue weighted by Gasteiger charge is -2.18. The van der Waals surface area contributed by atoms with E-state index >= 15 is 0 Å². The Morgan fingerprint density at radius 2 is 1.97 bits per heavy atom. The van der Waals surface area contributed by atoms with Gasteiger partial charge in [0.15, 0.2) is 5.96 Å². The van der Waals surface area contributed by atoms with Crippen molar-refractivity contribution >= 4 is 35.8 Å². The summed E-state index contributed by atoms with van der Waals surface area (Å²) in [6, 6.07) is 10.4. The van der Waals surface area contributed by atoms with Crippen molar-refractivity contribution in [3.63, 3.8) is 0 Å². The van der Waals surface area contributed by atoms with Crippen molar-refractivity contribution in [1.29, 1.82) is 0 Å². The highest BCUT2D eigenvalue weighted by atomic mass is 127. The van der Waals surface area contributed by atoms with Gasteiger partial charge in [0.1, 0.15) is 0 Å². The van der Waals surface area contributed by atoms with E-state index in [1.807, 2.05) is 11.0 Å². The molecule has 1 saturated heterocycles. The SMILES string of the molecule is CCNC(=NCC1(C2CC2)CC1)NCC1CC(=O)N(CCc2ccccc2)C1.I. The Morgan fingerprint density at radius 3 is 2.62 bits per heavy atom. The normalized spacial score (nSPS) is 22.9. The molecule has 1 unspecified atom stereocenters. The zero-order chi connectivity index (χ0) is 19.4. The summed E-state index contributed by atoms with van der Waals surface area (Å²) >= 11 is 0. The first-order chi connectivity index (χ1) is 13.7. The molecule has 1 heterocycles. The van der Waals surface area contributed by atoms with E-state index in [2.05, 4.69) is 41.8 Å². The molecule has 1 aliphatic heterocycles. The first-order valence-corrected chi connectivity index (χ1v) is 11.0. The number of likely N-dealkylation sites (tertiary alicyclic amines) is 1. The zero-order valence-corrected chi connectivity index (χ0v) is 19.9. The first-order valence-electron chi connectivity index (χ1n) is 11.0. The maximum atomic E-state index is 12.4. The van der Waals surface area contributed by atoms with E-state index in [0.717, 1.165) is 51.0 Å². The number of benzene rings is 1. The van der Waals surface area contributed by atoms with E-state index in [4.69, 9.17) is 4.99 Å². The maximum absolute atomic E-state index is 12.4. The van der Waals surface area contributed by atoms with Gasteiger partial charge in [-0.05, 0) is 55.9 Å². The van der Waals surface area contributed by atoms with Crippen molar-refractivity contribution in [3.05, 3.63) is 35.9 Å². The van der Waals surface area contributed by atoms with E-state index < -0.39 is 0 Å². The molecule has 2 aliphatic carbocycles. The van der Waals surface area contributed by atoms with Crippen LogP contribution in [0.3, 0.4) is 0 Å². The number of hydrogen-bond donors (Lipinski definition) is 2. The van der Waals surface area contributed by atoms with Crippen LogP contribution < -0.4 is 10.6 Å². The van der Waals surface area contributed by atoms with Gasteiger partial charge in [-0.15, -0.1) is 24.0 Å². The van der Waals surface area contributed by atoms with Crippen LogP contribution in [0.2, 0.25) is 0 Å². The molecule has 6 heteroatoms. The van der Waals surface area contributed by atoms with Crippen LogP contribution in [-0.2, 0) is 11.2 Å². The van der Waals surface area contributed by atoms with Gasteiger partial charge in [-0.2, -0.15) is 0 Å². The van der Waals surface area contributed by atoms with E-state index in [1.54, 1.807) is 0 Å². The third-order valence-electron chi connectivity index (χ3n) is 6.60. The number of rotatable bonds is 9. The van der Waals surface area contributed by atoms with E-state index in [9.17, 15) is 4.79 Å². The molecule has 0 spiro atoms. The highest BCUT2D eigenvalue weighted by molar-refractivity contribution is 14.0. The number of halogens is 1. The summed E-state index contributed by atoms with van der Waals surface area (Å²) in [5, 5.41) is 6.87. The Kier molecular flexibility index (Phi) is 7.82. The topological polar surface area (TPSA) is 56.7 Å². The van der Waals surface area contributed by atoms with Crippen LogP contribution in [-0.4, -0.2) is 49.5 Å². The summed E-state index contributed by atoms with van der Waals surface area (Å²) in [6.07, 6.45) is 7.10. The maximum Gasteiger partial charge on any atom is 0.223 e. The fraction of sp³-hybridized carbons (Fsp3) is 0.652. The van der Waals surface area contributed by atoms with Crippen molar-refractivity contribution in [1.82, 2.24) is 15.5 Å². The van der Waals surface area contributed by atoms with Gasteiger partial charge in [-0.1, -0.05) is 30.3 Å². The van der Waals surface area contributed by atoms with Crippen molar-refractivity contribution < 1.29 is 4.79 Å². The minimum atomic E-state index is 0. The summed E-state index contributed by atoms with van der Waals surface area (Å²) in [7, 11) is 0. The van der Waals surface area contributed by atoms with Crippen LogP contribution in [0.5, 0.6) is 0 Å². The molecule has 1 aromatic rings. The van der Waals surface area contributed by atoms with Gasteiger partial charge in [-0.3, -0.25) is 9.79 Å². The van der Waals surface area contributed by atoms with Crippen LogP contribution in [0.4, 0.5) is 0 Å². The molecule has 0 radical (unpaired) electrons. The van der Waals surface area contributed by atoms with E-state index in [1.165, 1.54) is 31.2 Å².